The number of nitrogens with zero attached hydrogens (tertiary/aromatic N) is 1. The van der Waals surface area contributed by atoms with Crippen molar-refractivity contribution >= 4 is 16.8 Å². The molecule has 4 aliphatic rings. The van der Waals surface area contributed by atoms with Gasteiger partial charge in [0.05, 0.1) is 11.1 Å². The monoisotopic (exact) mass is 369 g/mol. The van der Waals surface area contributed by atoms with Crippen LogP contribution in [-0.4, -0.2) is 59.1 Å². The second kappa shape index (κ2) is 6.32. The molecule has 0 aromatic carbocycles. The van der Waals surface area contributed by atoms with Gasteiger partial charge in [0.15, 0.2) is 17.9 Å². The second-order valence-corrected chi connectivity index (χ2v) is 8.87. The molecule has 25 heavy (non-hydrogen) atoms. The van der Waals surface area contributed by atoms with Gasteiger partial charge in [-0.15, -0.1) is 11.8 Å². The first-order valence-electron chi connectivity index (χ1n) is 9.02. The van der Waals surface area contributed by atoms with E-state index in [9.17, 15) is 0 Å². The molecule has 0 aromatic rings. The van der Waals surface area contributed by atoms with Gasteiger partial charge in [-0.1, -0.05) is 13.0 Å². The van der Waals surface area contributed by atoms with E-state index in [1.54, 1.807) is 11.8 Å². The zero-order chi connectivity index (χ0) is 17.8. The Labute approximate surface area is 153 Å². The number of thioether (sulfide) groups is 1. The van der Waals surface area contributed by atoms with Crippen molar-refractivity contribution in [3.63, 3.8) is 0 Å². The van der Waals surface area contributed by atoms with Crippen LogP contribution in [0.15, 0.2) is 17.1 Å². The maximum Gasteiger partial charge on any atom is 0.190 e. The van der Waals surface area contributed by atoms with Gasteiger partial charge < -0.3 is 23.7 Å². The lowest BCUT2D eigenvalue weighted by molar-refractivity contribution is -0.222. The molecular weight excluding hydrogens is 342 g/mol. The van der Waals surface area contributed by atoms with Gasteiger partial charge in [0.2, 0.25) is 0 Å². The Morgan fingerprint density at radius 3 is 2.44 bits per heavy atom. The van der Waals surface area contributed by atoms with E-state index in [4.69, 9.17) is 28.7 Å². The van der Waals surface area contributed by atoms with Gasteiger partial charge in [-0.2, -0.15) is 0 Å². The Morgan fingerprint density at radius 1 is 1.04 bits per heavy atom. The summed E-state index contributed by atoms with van der Waals surface area (Å²) in [7, 11) is 0. The van der Waals surface area contributed by atoms with Gasteiger partial charge in [0.1, 0.15) is 24.4 Å². The van der Waals surface area contributed by atoms with Crippen LogP contribution in [0.2, 0.25) is 0 Å². The summed E-state index contributed by atoms with van der Waals surface area (Å²) in [6, 6.07) is 0.423. The Bertz CT molecular complexity index is 590. The van der Waals surface area contributed by atoms with Crippen LogP contribution in [0, 0.1) is 0 Å². The molecular formula is C18H27NO5S. The minimum absolute atomic E-state index is 0.216. The van der Waals surface area contributed by atoms with Crippen LogP contribution in [0.5, 0.6) is 0 Å². The molecule has 0 amide bonds. The first-order chi connectivity index (χ1) is 11.8. The fourth-order valence-corrected chi connectivity index (χ4v) is 4.78. The lowest BCUT2D eigenvalue weighted by atomic mass is 9.99. The molecule has 0 radical (unpaired) electrons. The lowest BCUT2D eigenvalue weighted by Gasteiger charge is -2.36. The zero-order valence-corrected chi connectivity index (χ0v) is 16.2. The van der Waals surface area contributed by atoms with Crippen LogP contribution in [-0.2, 0) is 23.7 Å². The van der Waals surface area contributed by atoms with Crippen LogP contribution in [0.4, 0.5) is 0 Å². The molecule has 4 heterocycles. The summed E-state index contributed by atoms with van der Waals surface area (Å²) in [6.07, 6.45) is 3.71. The van der Waals surface area contributed by atoms with Crippen LogP contribution >= 0.6 is 11.8 Å². The molecule has 0 aromatic heterocycles. The largest absolute Gasteiger partial charge is 0.342 e. The fourth-order valence-electron chi connectivity index (χ4n) is 3.71. The van der Waals surface area contributed by atoms with E-state index in [1.165, 1.54) is 0 Å². The van der Waals surface area contributed by atoms with Crippen LogP contribution in [0.3, 0.4) is 0 Å². The Morgan fingerprint density at radius 2 is 1.72 bits per heavy atom. The number of hydrogen-bond donors (Lipinski definition) is 0. The van der Waals surface area contributed by atoms with Crippen molar-refractivity contribution in [3.05, 3.63) is 12.2 Å². The van der Waals surface area contributed by atoms with E-state index >= 15 is 0 Å². The maximum absolute atomic E-state index is 6.16. The summed E-state index contributed by atoms with van der Waals surface area (Å²) in [5.74, 6) is -0.298. The van der Waals surface area contributed by atoms with E-state index in [0.717, 1.165) is 17.2 Å². The summed E-state index contributed by atoms with van der Waals surface area (Å²) in [5.41, 5.74) is 0. The molecule has 0 aliphatic carbocycles. The topological polar surface area (TPSA) is 58.5 Å². The van der Waals surface area contributed by atoms with Crippen molar-refractivity contribution < 1.29 is 23.7 Å². The fraction of sp³-hybridized carbons (Fsp3) is 0.833. The first kappa shape index (κ1) is 17.9. The van der Waals surface area contributed by atoms with E-state index < -0.39 is 17.9 Å². The summed E-state index contributed by atoms with van der Waals surface area (Å²) in [5, 5.41) is 1.05. The van der Waals surface area contributed by atoms with E-state index in [2.05, 4.69) is 6.92 Å². The molecule has 0 spiro atoms. The summed E-state index contributed by atoms with van der Waals surface area (Å²) >= 11 is 1.79. The predicted octanol–water partition coefficient (Wildman–Crippen LogP) is 2.86. The number of hydrogen-bond acceptors (Lipinski definition) is 7. The molecule has 3 saturated heterocycles. The molecule has 0 N–H and O–H groups in total. The number of aliphatic imine (C=N–C) groups is 1. The highest BCUT2D eigenvalue weighted by atomic mass is 32.2. The van der Waals surface area contributed by atoms with Gasteiger partial charge >= 0.3 is 0 Å². The highest BCUT2D eigenvalue weighted by Crippen LogP contribution is 2.44. The third-order valence-electron chi connectivity index (χ3n) is 4.82. The minimum atomic E-state index is -0.686. The molecule has 4 rings (SSSR count). The van der Waals surface area contributed by atoms with Gasteiger partial charge in [-0.25, -0.2) is 0 Å². The zero-order valence-electron chi connectivity index (χ0n) is 15.4. The molecule has 0 saturated carbocycles. The molecule has 140 valence electrons. The van der Waals surface area contributed by atoms with E-state index in [-0.39, 0.29) is 24.4 Å². The molecule has 4 aliphatic heterocycles. The normalized spacial score (nSPS) is 44.8. The van der Waals surface area contributed by atoms with Crippen LogP contribution in [0.25, 0.3) is 0 Å². The van der Waals surface area contributed by atoms with Crippen molar-refractivity contribution in [2.45, 2.75) is 89.4 Å². The molecule has 7 heteroatoms. The van der Waals surface area contributed by atoms with Crippen molar-refractivity contribution in [1.82, 2.24) is 0 Å². The smallest absolute Gasteiger partial charge is 0.190 e. The highest BCUT2D eigenvalue weighted by Gasteiger charge is 2.60. The molecule has 0 bridgehead atoms. The molecule has 3 fully saturated rings. The average Bonchev–Trinajstić information content (AvgIpc) is 3.18. The summed E-state index contributed by atoms with van der Waals surface area (Å²) < 4.78 is 30.3. The molecule has 5 unspecified atom stereocenters. The van der Waals surface area contributed by atoms with Crippen LogP contribution in [0.1, 0.15) is 41.0 Å². The van der Waals surface area contributed by atoms with E-state index in [1.807, 2.05) is 39.8 Å². The highest BCUT2D eigenvalue weighted by molar-refractivity contribution is 8.14. The van der Waals surface area contributed by atoms with Crippen molar-refractivity contribution in [1.29, 1.82) is 0 Å². The molecule has 6 nitrogen and oxygen atoms in total. The average molecular weight is 369 g/mol. The first-order valence-corrected chi connectivity index (χ1v) is 10.0. The standard InChI is InChI=1S/C18H27NO5S/c1-6-10-9-25-12(19-10)8-7-11-13-14(22-17(2,3)21-13)15-16(20-11)24-18(4,5)23-15/h7-8,10-11,13-16H,6,9H2,1-5H3/b8-7+/t10-,11?,13?,14?,15?,16?/m1/s1. The van der Waals surface area contributed by atoms with Crippen molar-refractivity contribution in [2.75, 3.05) is 5.75 Å². The minimum Gasteiger partial charge on any atom is -0.342 e. The number of ether oxygens (including phenoxy) is 5. The summed E-state index contributed by atoms with van der Waals surface area (Å²) in [6.45, 7) is 9.80. The van der Waals surface area contributed by atoms with Gasteiger partial charge in [-0.05, 0) is 40.2 Å². The number of rotatable bonds is 3. The maximum atomic E-state index is 6.16. The van der Waals surface area contributed by atoms with Gasteiger partial charge in [-0.3, -0.25) is 4.99 Å². The Balaban J connectivity index is 1.54. The number of fused-ring (bicyclic) bond motifs is 3. The van der Waals surface area contributed by atoms with Crippen LogP contribution < -0.4 is 0 Å². The second-order valence-electron chi connectivity index (χ2n) is 7.83. The van der Waals surface area contributed by atoms with Crippen molar-refractivity contribution in [2.24, 2.45) is 4.99 Å². The molecule has 6 atom stereocenters. The van der Waals surface area contributed by atoms with Gasteiger partial charge in [0, 0.05) is 5.75 Å². The summed E-state index contributed by atoms with van der Waals surface area (Å²) in [4.78, 5) is 4.70. The SMILES string of the molecule is CC[C@@H]1CSC(/C=C/C2OC3OC(C)(C)OC3C3OC(C)(C)OC23)=N1. The van der Waals surface area contributed by atoms with E-state index in [0.29, 0.717) is 6.04 Å². The predicted molar refractivity (Wildman–Crippen MR) is 95.6 cm³/mol. The lowest BCUT2D eigenvalue weighted by Crippen LogP contribution is -2.54. The third kappa shape index (κ3) is 3.55. The third-order valence-corrected chi connectivity index (χ3v) is 5.91. The van der Waals surface area contributed by atoms with Gasteiger partial charge in [0.25, 0.3) is 0 Å². The van der Waals surface area contributed by atoms with Crippen molar-refractivity contribution in [3.8, 4) is 0 Å². The Hall–Kier alpha value is -0.440. The Kier molecular flexibility index (Phi) is 4.54. The quantitative estimate of drug-likeness (QED) is 0.762.